The zero-order valence-corrected chi connectivity index (χ0v) is 9.09. The normalized spacial score (nSPS) is 12.5. The SMILES string of the molecule is NC(=O)CC(=NCCOP(=O)(O)O)C(N)=O. The van der Waals surface area contributed by atoms with Gasteiger partial charge in [-0.15, -0.1) is 0 Å². The number of primary amides is 2. The topological polar surface area (TPSA) is 165 Å². The smallest absolute Gasteiger partial charge is 0.369 e. The summed E-state index contributed by atoms with van der Waals surface area (Å²) in [6, 6.07) is 0. The summed E-state index contributed by atoms with van der Waals surface area (Å²) in [4.78, 5) is 41.4. The monoisotopic (exact) mass is 253 g/mol. The number of hydrogen-bond donors (Lipinski definition) is 4. The largest absolute Gasteiger partial charge is 0.469 e. The zero-order valence-electron chi connectivity index (χ0n) is 8.20. The van der Waals surface area contributed by atoms with Gasteiger partial charge in [-0.1, -0.05) is 0 Å². The number of amides is 2. The fourth-order valence-electron chi connectivity index (χ4n) is 0.726. The standard InChI is InChI=1S/C6H12N3O6P/c7-5(10)3-4(6(8)11)9-1-2-15-16(12,13)14/h1-3H2,(H2,7,10)(H2,8,11)(H2,12,13,14). The van der Waals surface area contributed by atoms with Crippen LogP contribution in [-0.4, -0.2) is 40.5 Å². The number of hydrogen-bond acceptors (Lipinski definition) is 5. The Morgan fingerprint density at radius 3 is 2.25 bits per heavy atom. The highest BCUT2D eigenvalue weighted by Crippen LogP contribution is 2.35. The Morgan fingerprint density at radius 2 is 1.88 bits per heavy atom. The van der Waals surface area contributed by atoms with Gasteiger partial charge in [-0.25, -0.2) is 4.57 Å². The van der Waals surface area contributed by atoms with Crippen molar-refractivity contribution in [3.8, 4) is 0 Å². The van der Waals surface area contributed by atoms with E-state index in [0.717, 1.165) is 0 Å². The Morgan fingerprint density at radius 1 is 1.31 bits per heavy atom. The molecule has 2 amide bonds. The number of aliphatic imine (C=N–C) groups is 1. The molecule has 0 aliphatic carbocycles. The first-order valence-electron chi connectivity index (χ1n) is 4.04. The van der Waals surface area contributed by atoms with Crippen LogP contribution in [-0.2, 0) is 18.7 Å². The number of nitrogens with two attached hydrogens (primary N) is 2. The van der Waals surface area contributed by atoms with Crippen molar-refractivity contribution < 1.29 is 28.5 Å². The minimum Gasteiger partial charge on any atom is -0.369 e. The molecule has 0 atom stereocenters. The maximum atomic E-state index is 10.7. The van der Waals surface area contributed by atoms with E-state index in [-0.39, 0.29) is 12.3 Å². The molecule has 10 heteroatoms. The second-order valence-electron chi connectivity index (χ2n) is 2.66. The summed E-state index contributed by atoms with van der Waals surface area (Å²) in [6.07, 6.45) is -0.425. The third kappa shape index (κ3) is 8.06. The Labute approximate surface area is 90.7 Å². The van der Waals surface area contributed by atoms with Crippen molar-refractivity contribution >= 4 is 25.3 Å². The van der Waals surface area contributed by atoms with Gasteiger partial charge in [0, 0.05) is 0 Å². The van der Waals surface area contributed by atoms with Crippen molar-refractivity contribution in [2.75, 3.05) is 13.2 Å². The van der Waals surface area contributed by atoms with Gasteiger partial charge >= 0.3 is 7.82 Å². The van der Waals surface area contributed by atoms with Crippen LogP contribution >= 0.6 is 7.82 Å². The van der Waals surface area contributed by atoms with Gasteiger partial charge < -0.3 is 21.3 Å². The molecule has 92 valence electrons. The van der Waals surface area contributed by atoms with Crippen LogP contribution in [0.15, 0.2) is 4.99 Å². The molecule has 0 saturated heterocycles. The number of phosphoric acid groups is 1. The summed E-state index contributed by atoms with van der Waals surface area (Å²) in [5.74, 6) is -1.71. The molecule has 6 N–H and O–H groups in total. The van der Waals surface area contributed by atoms with E-state index in [1.807, 2.05) is 0 Å². The molecule has 16 heavy (non-hydrogen) atoms. The molecule has 0 rings (SSSR count). The summed E-state index contributed by atoms with van der Waals surface area (Å²) < 4.78 is 14.3. The number of rotatable bonds is 7. The van der Waals surface area contributed by atoms with Crippen LogP contribution in [0.25, 0.3) is 0 Å². The first kappa shape index (κ1) is 14.7. The minimum absolute atomic E-state index is 0.212. The summed E-state index contributed by atoms with van der Waals surface area (Å²) in [5, 5.41) is 0. The highest BCUT2D eigenvalue weighted by Gasteiger charge is 2.13. The summed E-state index contributed by atoms with van der Waals surface area (Å²) in [7, 11) is -4.55. The molecule has 0 saturated carbocycles. The van der Waals surface area contributed by atoms with E-state index in [0.29, 0.717) is 0 Å². The van der Waals surface area contributed by atoms with E-state index in [1.165, 1.54) is 0 Å². The highest BCUT2D eigenvalue weighted by atomic mass is 31.2. The van der Waals surface area contributed by atoms with E-state index >= 15 is 0 Å². The molecule has 0 fully saturated rings. The lowest BCUT2D eigenvalue weighted by Crippen LogP contribution is -2.28. The Bertz CT molecular complexity index is 348. The van der Waals surface area contributed by atoms with Crippen LogP contribution in [0.3, 0.4) is 0 Å². The van der Waals surface area contributed by atoms with Crippen molar-refractivity contribution in [3.05, 3.63) is 0 Å². The molecule has 0 aliphatic rings. The lowest BCUT2D eigenvalue weighted by molar-refractivity contribution is -0.118. The summed E-state index contributed by atoms with van der Waals surface area (Å²) >= 11 is 0. The Hall–Kier alpha value is -1.28. The highest BCUT2D eigenvalue weighted by molar-refractivity contribution is 7.46. The molecule has 0 radical (unpaired) electrons. The zero-order chi connectivity index (χ0) is 12.8. The number of phosphoric ester groups is 1. The van der Waals surface area contributed by atoms with Gasteiger partial charge in [0.25, 0.3) is 5.91 Å². The molecule has 0 unspecified atom stereocenters. The molecular weight excluding hydrogens is 241 g/mol. The van der Waals surface area contributed by atoms with Crippen molar-refractivity contribution in [3.63, 3.8) is 0 Å². The lowest BCUT2D eigenvalue weighted by atomic mass is 10.2. The van der Waals surface area contributed by atoms with Crippen LogP contribution in [0.1, 0.15) is 6.42 Å². The van der Waals surface area contributed by atoms with Gasteiger partial charge in [-0.2, -0.15) is 0 Å². The Kier molecular flexibility index (Phi) is 5.83. The number of nitrogens with zero attached hydrogens (tertiary/aromatic N) is 1. The summed E-state index contributed by atoms with van der Waals surface area (Å²) in [5.41, 5.74) is 9.44. The third-order valence-electron chi connectivity index (χ3n) is 1.28. The molecule has 9 nitrogen and oxygen atoms in total. The maximum Gasteiger partial charge on any atom is 0.469 e. The summed E-state index contributed by atoms with van der Waals surface area (Å²) in [6.45, 7) is -0.615. The van der Waals surface area contributed by atoms with E-state index in [4.69, 9.17) is 21.3 Å². The Balaban J connectivity index is 4.20. The van der Waals surface area contributed by atoms with Gasteiger partial charge in [0.2, 0.25) is 5.91 Å². The fraction of sp³-hybridized carbons (Fsp3) is 0.500. The predicted molar refractivity (Wildman–Crippen MR) is 53.3 cm³/mol. The first-order chi connectivity index (χ1) is 7.22. The van der Waals surface area contributed by atoms with E-state index in [1.54, 1.807) is 0 Å². The van der Waals surface area contributed by atoms with Crippen LogP contribution in [0.4, 0.5) is 0 Å². The maximum absolute atomic E-state index is 10.7. The fourth-order valence-corrected chi connectivity index (χ4v) is 1.05. The second-order valence-corrected chi connectivity index (χ2v) is 3.90. The average Bonchev–Trinajstić information content (AvgIpc) is 2.07. The van der Waals surface area contributed by atoms with Crippen LogP contribution in [0, 0.1) is 0 Å². The van der Waals surface area contributed by atoms with Crippen LogP contribution < -0.4 is 11.5 Å². The van der Waals surface area contributed by atoms with Gasteiger partial charge in [0.15, 0.2) is 0 Å². The molecule has 0 bridgehead atoms. The van der Waals surface area contributed by atoms with Crippen LogP contribution in [0.2, 0.25) is 0 Å². The third-order valence-corrected chi connectivity index (χ3v) is 1.80. The van der Waals surface area contributed by atoms with Gasteiger partial charge in [-0.3, -0.25) is 19.1 Å². The van der Waals surface area contributed by atoms with Gasteiger partial charge in [0.05, 0.1) is 19.6 Å². The predicted octanol–water partition coefficient (Wildman–Crippen LogP) is -2.10. The molecule has 0 aliphatic heterocycles. The van der Waals surface area contributed by atoms with Crippen molar-refractivity contribution in [2.45, 2.75) is 6.42 Å². The van der Waals surface area contributed by atoms with Crippen LogP contribution in [0.5, 0.6) is 0 Å². The molecule has 0 heterocycles. The van der Waals surface area contributed by atoms with Crippen molar-refractivity contribution in [1.29, 1.82) is 0 Å². The molecule has 0 aromatic carbocycles. The van der Waals surface area contributed by atoms with Crippen molar-refractivity contribution in [1.82, 2.24) is 0 Å². The average molecular weight is 253 g/mol. The molecule has 0 aromatic heterocycles. The quantitative estimate of drug-likeness (QED) is 0.230. The van der Waals surface area contributed by atoms with E-state index in [9.17, 15) is 14.2 Å². The lowest BCUT2D eigenvalue weighted by Gasteiger charge is -2.03. The minimum atomic E-state index is -4.55. The molecule has 0 spiro atoms. The van der Waals surface area contributed by atoms with Gasteiger partial charge in [-0.05, 0) is 0 Å². The van der Waals surface area contributed by atoms with E-state index in [2.05, 4.69) is 9.52 Å². The number of carbonyl (C=O) groups excluding carboxylic acids is 2. The second kappa shape index (κ2) is 6.33. The molecule has 0 aromatic rings. The molecular formula is C6H12N3O6P. The van der Waals surface area contributed by atoms with E-state index < -0.39 is 32.7 Å². The van der Waals surface area contributed by atoms with Gasteiger partial charge in [0.1, 0.15) is 5.71 Å². The first-order valence-corrected chi connectivity index (χ1v) is 5.57. The number of carbonyl (C=O) groups is 2. The van der Waals surface area contributed by atoms with Crippen molar-refractivity contribution in [2.24, 2.45) is 16.5 Å².